The number of nitrogens with one attached hydrogen (secondary N) is 1. The average Bonchev–Trinajstić information content (AvgIpc) is 2.73. The van der Waals surface area contributed by atoms with Gasteiger partial charge in [0, 0.05) is 28.3 Å². The predicted octanol–water partition coefficient (Wildman–Crippen LogP) is 6.59. The Kier molecular flexibility index (Phi) is 7.66. The van der Waals surface area contributed by atoms with Crippen LogP contribution in [0.1, 0.15) is 34.0 Å². The first-order chi connectivity index (χ1) is 14.9. The van der Waals surface area contributed by atoms with Crippen LogP contribution < -0.4 is 14.8 Å². The van der Waals surface area contributed by atoms with Crippen molar-refractivity contribution >= 4 is 34.9 Å². The van der Waals surface area contributed by atoms with Gasteiger partial charge >= 0.3 is 5.97 Å². The summed E-state index contributed by atoms with van der Waals surface area (Å²) in [7, 11) is 0. The van der Waals surface area contributed by atoms with E-state index in [0.717, 1.165) is 22.4 Å². The third kappa shape index (κ3) is 6.06. The van der Waals surface area contributed by atoms with E-state index in [1.165, 1.54) is 0 Å². The first kappa shape index (κ1) is 22.8. The number of carbonyl (C=O) groups is 1. The minimum Gasteiger partial charge on any atom is -0.490 e. The van der Waals surface area contributed by atoms with Gasteiger partial charge in [-0.3, -0.25) is 0 Å². The summed E-state index contributed by atoms with van der Waals surface area (Å²) < 4.78 is 11.7. The molecule has 31 heavy (non-hydrogen) atoms. The van der Waals surface area contributed by atoms with Crippen molar-refractivity contribution in [3.05, 3.63) is 86.9 Å². The fraction of sp³-hybridized carbons (Fsp3) is 0.208. The zero-order valence-electron chi connectivity index (χ0n) is 17.2. The molecule has 0 aliphatic rings. The van der Waals surface area contributed by atoms with Crippen LogP contribution >= 0.6 is 23.2 Å². The topological polar surface area (TPSA) is 67.8 Å². The molecule has 5 nitrogen and oxygen atoms in total. The van der Waals surface area contributed by atoms with Gasteiger partial charge in [-0.1, -0.05) is 41.4 Å². The molecule has 162 valence electrons. The molecule has 0 saturated heterocycles. The van der Waals surface area contributed by atoms with Crippen LogP contribution in [0.25, 0.3) is 0 Å². The number of aromatic carboxylic acids is 1. The molecule has 0 aliphatic carbocycles. The fourth-order valence-electron chi connectivity index (χ4n) is 3.02. The molecule has 0 bridgehead atoms. The number of rotatable bonds is 9. The first-order valence-electron chi connectivity index (χ1n) is 9.77. The normalized spacial score (nSPS) is 10.6. The summed E-state index contributed by atoms with van der Waals surface area (Å²) in [5.41, 5.74) is 3.63. The van der Waals surface area contributed by atoms with Gasteiger partial charge < -0.3 is 19.9 Å². The Labute approximate surface area is 191 Å². The maximum atomic E-state index is 11.2. The standard InChI is InChI=1S/C24H23Cl2NO4/c1-3-30-22-11-18(13-27-21-10-17(24(28)29)8-7-15(21)2)20(26)12-23(22)31-14-16-5-4-6-19(25)9-16/h4-12,27H,3,13-14H2,1-2H3,(H,28,29). The molecule has 0 unspecified atom stereocenters. The Hall–Kier alpha value is -2.89. The molecule has 0 amide bonds. The van der Waals surface area contributed by atoms with E-state index in [1.54, 1.807) is 24.3 Å². The van der Waals surface area contributed by atoms with Crippen LogP contribution in [0.2, 0.25) is 10.0 Å². The molecule has 3 aromatic rings. The number of carboxylic acids is 1. The Morgan fingerprint density at radius 1 is 1.03 bits per heavy atom. The van der Waals surface area contributed by atoms with E-state index in [9.17, 15) is 9.90 Å². The molecule has 3 rings (SSSR count). The summed E-state index contributed by atoms with van der Waals surface area (Å²) >= 11 is 12.5. The van der Waals surface area contributed by atoms with E-state index in [1.807, 2.05) is 44.2 Å². The third-order valence-corrected chi connectivity index (χ3v) is 5.24. The molecule has 2 N–H and O–H groups in total. The molecule has 0 radical (unpaired) electrons. The van der Waals surface area contributed by atoms with Crippen molar-refractivity contribution in [1.29, 1.82) is 0 Å². The van der Waals surface area contributed by atoms with E-state index in [4.69, 9.17) is 32.7 Å². The number of hydrogen-bond acceptors (Lipinski definition) is 4. The zero-order valence-corrected chi connectivity index (χ0v) is 18.8. The maximum Gasteiger partial charge on any atom is 0.335 e. The predicted molar refractivity (Wildman–Crippen MR) is 124 cm³/mol. The minimum atomic E-state index is -0.971. The number of carboxylic acid groups (broad SMARTS) is 1. The van der Waals surface area contributed by atoms with Gasteiger partial charge in [0.15, 0.2) is 11.5 Å². The van der Waals surface area contributed by atoms with Crippen molar-refractivity contribution in [2.45, 2.75) is 27.0 Å². The van der Waals surface area contributed by atoms with Gasteiger partial charge in [0.1, 0.15) is 6.61 Å². The van der Waals surface area contributed by atoms with Gasteiger partial charge in [-0.15, -0.1) is 0 Å². The van der Waals surface area contributed by atoms with Gasteiger partial charge in [0.2, 0.25) is 0 Å². The Morgan fingerprint density at radius 2 is 1.81 bits per heavy atom. The van der Waals surface area contributed by atoms with Gasteiger partial charge in [-0.25, -0.2) is 4.79 Å². The summed E-state index contributed by atoms with van der Waals surface area (Å²) in [5.74, 6) is 0.155. The molecule has 0 spiro atoms. The highest BCUT2D eigenvalue weighted by atomic mass is 35.5. The van der Waals surface area contributed by atoms with E-state index in [-0.39, 0.29) is 5.56 Å². The van der Waals surface area contributed by atoms with Crippen molar-refractivity contribution in [3.63, 3.8) is 0 Å². The molecule has 3 aromatic carbocycles. The molecular formula is C24H23Cl2NO4. The monoisotopic (exact) mass is 459 g/mol. The third-order valence-electron chi connectivity index (χ3n) is 4.65. The number of ether oxygens (including phenoxy) is 2. The summed E-state index contributed by atoms with van der Waals surface area (Å²) in [6.45, 7) is 5.01. The first-order valence-corrected chi connectivity index (χ1v) is 10.5. The van der Waals surface area contributed by atoms with Crippen LogP contribution in [0.15, 0.2) is 54.6 Å². The van der Waals surface area contributed by atoms with E-state index in [2.05, 4.69) is 5.32 Å². The van der Waals surface area contributed by atoms with Crippen LogP contribution in [-0.2, 0) is 13.2 Å². The second kappa shape index (κ2) is 10.4. The van der Waals surface area contributed by atoms with Gasteiger partial charge in [-0.05, 0) is 60.9 Å². The molecule has 7 heteroatoms. The molecule has 0 heterocycles. The second-order valence-corrected chi connectivity index (χ2v) is 7.77. The van der Waals surface area contributed by atoms with Crippen molar-refractivity contribution in [2.24, 2.45) is 0 Å². The molecular weight excluding hydrogens is 437 g/mol. The quantitative estimate of drug-likeness (QED) is 0.377. The van der Waals surface area contributed by atoms with Gasteiger partial charge in [0.05, 0.1) is 12.2 Å². The number of benzene rings is 3. The summed E-state index contributed by atoms with van der Waals surface area (Å²) in [5, 5.41) is 13.6. The smallest absolute Gasteiger partial charge is 0.335 e. The molecule has 0 fully saturated rings. The largest absolute Gasteiger partial charge is 0.490 e. The highest BCUT2D eigenvalue weighted by molar-refractivity contribution is 6.31. The highest BCUT2D eigenvalue weighted by Crippen LogP contribution is 2.35. The van der Waals surface area contributed by atoms with E-state index < -0.39 is 5.97 Å². The van der Waals surface area contributed by atoms with Crippen molar-refractivity contribution in [2.75, 3.05) is 11.9 Å². The van der Waals surface area contributed by atoms with Crippen LogP contribution in [0.3, 0.4) is 0 Å². The molecule has 0 aromatic heterocycles. The van der Waals surface area contributed by atoms with Gasteiger partial charge in [0.25, 0.3) is 0 Å². The molecule has 0 aliphatic heterocycles. The fourth-order valence-corrected chi connectivity index (χ4v) is 3.45. The number of hydrogen-bond donors (Lipinski definition) is 2. The second-order valence-electron chi connectivity index (χ2n) is 6.93. The van der Waals surface area contributed by atoms with Crippen LogP contribution in [0.5, 0.6) is 11.5 Å². The van der Waals surface area contributed by atoms with Crippen LogP contribution in [0, 0.1) is 6.92 Å². The highest BCUT2D eigenvalue weighted by Gasteiger charge is 2.13. The zero-order chi connectivity index (χ0) is 22.4. The lowest BCUT2D eigenvalue weighted by atomic mass is 10.1. The molecule has 0 atom stereocenters. The lowest BCUT2D eigenvalue weighted by molar-refractivity contribution is 0.0697. The van der Waals surface area contributed by atoms with Crippen molar-refractivity contribution < 1.29 is 19.4 Å². The lowest BCUT2D eigenvalue weighted by Crippen LogP contribution is -2.06. The van der Waals surface area contributed by atoms with Crippen LogP contribution in [0.4, 0.5) is 5.69 Å². The lowest BCUT2D eigenvalue weighted by Gasteiger charge is -2.16. The summed E-state index contributed by atoms with van der Waals surface area (Å²) in [6.07, 6.45) is 0. The van der Waals surface area contributed by atoms with E-state index in [0.29, 0.717) is 41.3 Å². The average molecular weight is 460 g/mol. The van der Waals surface area contributed by atoms with Crippen molar-refractivity contribution in [3.8, 4) is 11.5 Å². The maximum absolute atomic E-state index is 11.2. The van der Waals surface area contributed by atoms with Crippen LogP contribution in [-0.4, -0.2) is 17.7 Å². The Bertz CT molecular complexity index is 1090. The van der Waals surface area contributed by atoms with E-state index >= 15 is 0 Å². The van der Waals surface area contributed by atoms with Gasteiger partial charge in [-0.2, -0.15) is 0 Å². The van der Waals surface area contributed by atoms with Crippen molar-refractivity contribution in [1.82, 2.24) is 0 Å². The summed E-state index contributed by atoms with van der Waals surface area (Å²) in [4.78, 5) is 11.2. The number of aryl methyl sites for hydroxylation is 1. The summed E-state index contributed by atoms with van der Waals surface area (Å²) in [6, 6.07) is 16.0. The number of anilines is 1. The number of halogens is 2. The SMILES string of the molecule is CCOc1cc(CNc2cc(C(=O)O)ccc2C)c(Cl)cc1OCc1cccc(Cl)c1. The Balaban J connectivity index is 1.78. The Morgan fingerprint density at radius 3 is 2.52 bits per heavy atom. The minimum absolute atomic E-state index is 0.221. The molecule has 0 saturated carbocycles.